The van der Waals surface area contributed by atoms with Gasteiger partial charge >= 0.3 is 5.63 Å². The Balaban J connectivity index is 2.31. The number of para-hydroxylation sites is 1. The Hall–Kier alpha value is -2.35. The summed E-state index contributed by atoms with van der Waals surface area (Å²) in [6, 6.07) is 19.9. The van der Waals surface area contributed by atoms with Gasteiger partial charge in [0, 0.05) is 11.5 Å². The third-order valence-electron chi connectivity index (χ3n) is 2.62. The van der Waals surface area contributed by atoms with Gasteiger partial charge in [0.1, 0.15) is 5.58 Å². The molecule has 0 spiro atoms. The molecule has 0 aliphatic rings. The number of hydrogen-bond acceptors (Lipinski definition) is 2. The first-order valence-corrected chi connectivity index (χ1v) is 5.35. The van der Waals surface area contributed by atoms with Gasteiger partial charge in [-0.1, -0.05) is 48.5 Å². The third kappa shape index (κ3) is 1.74. The fraction of sp³-hybridized carbons (Fsp3) is 0. The minimum absolute atomic E-state index is 0.352. The molecule has 1 heterocycles. The fourth-order valence-corrected chi connectivity index (χ4v) is 1.79. The quantitative estimate of drug-likeness (QED) is 0.590. The van der Waals surface area contributed by atoms with Gasteiger partial charge in [-0.3, -0.25) is 0 Å². The van der Waals surface area contributed by atoms with Gasteiger partial charge in [-0.15, -0.1) is 0 Å². The monoisotopic (exact) mass is 221 g/mol. The van der Waals surface area contributed by atoms with E-state index in [9.17, 15) is 4.79 Å². The van der Waals surface area contributed by atoms with Crippen molar-refractivity contribution in [1.82, 2.24) is 0 Å². The predicted octanol–water partition coefficient (Wildman–Crippen LogP) is 3.26. The zero-order valence-electron chi connectivity index (χ0n) is 9.01. The Bertz CT molecular complexity index is 712. The highest BCUT2D eigenvalue weighted by atomic mass is 16.4. The summed E-state index contributed by atoms with van der Waals surface area (Å²) < 4.78 is 5.26. The van der Waals surface area contributed by atoms with Crippen LogP contribution in [-0.4, -0.2) is 0 Å². The molecule has 0 N–H and O–H groups in total. The van der Waals surface area contributed by atoms with Crippen LogP contribution in [-0.2, 0) is 0 Å². The molecule has 2 nitrogen and oxygen atoms in total. The lowest BCUT2D eigenvalue weighted by molar-refractivity contribution is 0.563. The van der Waals surface area contributed by atoms with Crippen LogP contribution in [0.3, 0.4) is 0 Å². The summed E-state index contributed by atoms with van der Waals surface area (Å²) in [5, 5.41) is 0.811. The average molecular weight is 221 g/mol. The fourth-order valence-electron chi connectivity index (χ4n) is 1.79. The maximum atomic E-state index is 11.8. The van der Waals surface area contributed by atoms with Crippen molar-refractivity contribution in [3.05, 3.63) is 71.1 Å². The second kappa shape index (κ2) is 3.91. The van der Waals surface area contributed by atoms with Crippen LogP contribution in [0, 0.1) is 6.07 Å². The Morgan fingerprint density at radius 3 is 2.41 bits per heavy atom. The van der Waals surface area contributed by atoms with Gasteiger partial charge in [-0.25, -0.2) is 4.79 Å². The Morgan fingerprint density at radius 2 is 1.59 bits per heavy atom. The van der Waals surface area contributed by atoms with Crippen LogP contribution >= 0.6 is 0 Å². The molecule has 0 atom stereocenters. The van der Waals surface area contributed by atoms with Crippen molar-refractivity contribution >= 4 is 11.0 Å². The van der Waals surface area contributed by atoms with Crippen molar-refractivity contribution in [2.24, 2.45) is 0 Å². The van der Waals surface area contributed by atoms with Gasteiger partial charge in [0.25, 0.3) is 0 Å². The molecule has 2 aromatic carbocycles. The minimum Gasteiger partial charge on any atom is -0.422 e. The molecule has 3 aromatic rings. The van der Waals surface area contributed by atoms with Crippen LogP contribution in [0.5, 0.6) is 0 Å². The van der Waals surface area contributed by atoms with Crippen molar-refractivity contribution in [2.45, 2.75) is 0 Å². The molecular formula is C15H9O2. The van der Waals surface area contributed by atoms with Crippen LogP contribution in [0.1, 0.15) is 0 Å². The number of fused-ring (bicyclic) bond motifs is 1. The molecule has 0 saturated heterocycles. The largest absolute Gasteiger partial charge is 0.422 e. The van der Waals surface area contributed by atoms with Gasteiger partial charge in [0.05, 0.1) is 5.56 Å². The summed E-state index contributed by atoms with van der Waals surface area (Å²) in [7, 11) is 0. The van der Waals surface area contributed by atoms with E-state index in [-0.39, 0.29) is 5.63 Å². The van der Waals surface area contributed by atoms with Gasteiger partial charge < -0.3 is 4.42 Å². The molecule has 17 heavy (non-hydrogen) atoms. The Labute approximate surface area is 98.1 Å². The molecule has 0 saturated carbocycles. The van der Waals surface area contributed by atoms with Crippen molar-refractivity contribution in [1.29, 1.82) is 0 Å². The maximum Gasteiger partial charge on any atom is 0.344 e. The van der Waals surface area contributed by atoms with Crippen molar-refractivity contribution in [3.63, 3.8) is 0 Å². The van der Waals surface area contributed by atoms with E-state index in [4.69, 9.17) is 4.42 Å². The summed E-state index contributed by atoms with van der Waals surface area (Å²) in [5.41, 5.74) is 1.52. The lowest BCUT2D eigenvalue weighted by Gasteiger charge is -2.01. The first-order valence-electron chi connectivity index (χ1n) is 5.35. The van der Waals surface area contributed by atoms with Crippen molar-refractivity contribution in [2.75, 3.05) is 0 Å². The SMILES string of the molecule is O=c1oc2ccccc2[c]c1-c1ccccc1. The molecule has 3 rings (SSSR count). The average Bonchev–Trinajstić information content (AvgIpc) is 2.39. The summed E-state index contributed by atoms with van der Waals surface area (Å²) in [5.74, 6) is 0. The minimum atomic E-state index is -0.352. The number of rotatable bonds is 1. The summed E-state index contributed by atoms with van der Waals surface area (Å²) in [4.78, 5) is 11.8. The number of hydrogen-bond donors (Lipinski definition) is 0. The number of benzene rings is 2. The molecule has 0 aliphatic heterocycles. The van der Waals surface area contributed by atoms with E-state index in [2.05, 4.69) is 6.07 Å². The second-order valence-electron chi connectivity index (χ2n) is 3.75. The molecule has 0 aliphatic carbocycles. The predicted molar refractivity (Wildman–Crippen MR) is 66.8 cm³/mol. The summed E-state index contributed by atoms with van der Waals surface area (Å²) in [6.45, 7) is 0. The standard InChI is InChI=1S/C15H9O2/c16-15-13(11-6-2-1-3-7-11)10-12-8-4-5-9-14(12)17-15/h1-9H. The van der Waals surface area contributed by atoms with E-state index in [0.29, 0.717) is 11.1 Å². The molecule has 1 radical (unpaired) electrons. The van der Waals surface area contributed by atoms with E-state index in [0.717, 1.165) is 10.9 Å². The van der Waals surface area contributed by atoms with Crippen LogP contribution in [0.25, 0.3) is 22.1 Å². The normalized spacial score (nSPS) is 10.6. The first kappa shape index (κ1) is 9.85. The van der Waals surface area contributed by atoms with Gasteiger partial charge in [-0.05, 0) is 11.6 Å². The van der Waals surface area contributed by atoms with E-state index in [1.54, 1.807) is 6.07 Å². The lowest BCUT2D eigenvalue weighted by atomic mass is 10.1. The van der Waals surface area contributed by atoms with Crippen molar-refractivity contribution in [3.8, 4) is 11.1 Å². The molecule has 0 bridgehead atoms. The molecule has 1 aromatic heterocycles. The van der Waals surface area contributed by atoms with E-state index < -0.39 is 0 Å². The molecule has 0 unspecified atom stereocenters. The topological polar surface area (TPSA) is 30.2 Å². The maximum absolute atomic E-state index is 11.8. The second-order valence-corrected chi connectivity index (χ2v) is 3.75. The third-order valence-corrected chi connectivity index (χ3v) is 2.62. The summed E-state index contributed by atoms with van der Waals surface area (Å²) in [6.07, 6.45) is 0. The van der Waals surface area contributed by atoms with Crippen LogP contribution in [0.4, 0.5) is 0 Å². The molecule has 81 valence electrons. The molecule has 2 heteroatoms. The molecular weight excluding hydrogens is 212 g/mol. The smallest absolute Gasteiger partial charge is 0.344 e. The first-order chi connectivity index (χ1) is 8.34. The Kier molecular flexibility index (Phi) is 2.26. The van der Waals surface area contributed by atoms with Crippen molar-refractivity contribution < 1.29 is 4.42 Å². The highest BCUT2D eigenvalue weighted by molar-refractivity contribution is 5.80. The van der Waals surface area contributed by atoms with Crippen LogP contribution in [0.2, 0.25) is 0 Å². The van der Waals surface area contributed by atoms with E-state index >= 15 is 0 Å². The van der Waals surface area contributed by atoms with Crippen LogP contribution in [0.15, 0.2) is 63.8 Å². The summed E-state index contributed by atoms with van der Waals surface area (Å²) >= 11 is 0. The molecule has 0 fully saturated rings. The molecule has 0 amide bonds. The zero-order valence-corrected chi connectivity index (χ0v) is 9.01. The highest BCUT2D eigenvalue weighted by Crippen LogP contribution is 2.19. The van der Waals surface area contributed by atoms with Gasteiger partial charge in [0.2, 0.25) is 0 Å². The van der Waals surface area contributed by atoms with E-state index in [1.165, 1.54) is 0 Å². The van der Waals surface area contributed by atoms with Gasteiger partial charge in [0.15, 0.2) is 0 Å². The lowest BCUT2D eigenvalue weighted by Crippen LogP contribution is -2.02. The van der Waals surface area contributed by atoms with E-state index in [1.807, 2.05) is 48.5 Å². The van der Waals surface area contributed by atoms with Crippen LogP contribution < -0.4 is 5.63 Å². The Morgan fingerprint density at radius 1 is 0.882 bits per heavy atom. The highest BCUT2D eigenvalue weighted by Gasteiger charge is 2.06. The van der Waals surface area contributed by atoms with Gasteiger partial charge in [-0.2, -0.15) is 0 Å². The zero-order chi connectivity index (χ0) is 11.7.